The number of ether oxygens (including phenoxy) is 2. The van der Waals surface area contributed by atoms with Gasteiger partial charge in [0.05, 0.1) is 13.7 Å². The van der Waals surface area contributed by atoms with Crippen LogP contribution in [0.2, 0.25) is 0 Å². The molecule has 0 aliphatic carbocycles. The molecule has 2 heteroatoms. The van der Waals surface area contributed by atoms with Crippen LogP contribution in [0.3, 0.4) is 0 Å². The first-order valence-electron chi connectivity index (χ1n) is 5.43. The van der Waals surface area contributed by atoms with E-state index in [4.69, 9.17) is 9.47 Å². The van der Waals surface area contributed by atoms with Gasteiger partial charge in [0.15, 0.2) is 0 Å². The zero-order valence-electron chi connectivity index (χ0n) is 9.49. The highest BCUT2D eigenvalue weighted by atomic mass is 16.6. The van der Waals surface area contributed by atoms with Crippen LogP contribution >= 0.6 is 0 Å². The van der Waals surface area contributed by atoms with Crippen molar-refractivity contribution in [3.63, 3.8) is 0 Å². The van der Waals surface area contributed by atoms with Gasteiger partial charge in [0.25, 0.3) is 0 Å². The second kappa shape index (κ2) is 3.22. The fourth-order valence-electron chi connectivity index (χ4n) is 1.95. The molecule has 2 aromatic rings. The van der Waals surface area contributed by atoms with Crippen LogP contribution in [0.25, 0.3) is 10.8 Å². The van der Waals surface area contributed by atoms with Gasteiger partial charge in [0.2, 0.25) is 0 Å². The van der Waals surface area contributed by atoms with Gasteiger partial charge >= 0.3 is 0 Å². The third kappa shape index (κ3) is 1.46. The SMILES string of the molecule is COc1ccc2cc(C3(C)CO3)ccc2c1. The molecular weight excluding hydrogens is 200 g/mol. The zero-order valence-corrected chi connectivity index (χ0v) is 9.49. The van der Waals surface area contributed by atoms with E-state index in [0.717, 1.165) is 12.4 Å². The summed E-state index contributed by atoms with van der Waals surface area (Å²) in [6.07, 6.45) is 0. The molecule has 1 atom stereocenters. The standard InChI is InChI=1S/C14H14O2/c1-14(9-16-14)12-5-3-11-8-13(15-2)6-4-10(11)7-12/h3-8H,9H2,1-2H3. The third-order valence-corrected chi connectivity index (χ3v) is 3.24. The molecule has 1 aliphatic heterocycles. The van der Waals surface area contributed by atoms with Crippen LogP contribution in [0.15, 0.2) is 36.4 Å². The Kier molecular flexibility index (Phi) is 1.95. The smallest absolute Gasteiger partial charge is 0.119 e. The van der Waals surface area contributed by atoms with Crippen LogP contribution < -0.4 is 4.74 Å². The molecule has 0 N–H and O–H groups in total. The number of epoxide rings is 1. The summed E-state index contributed by atoms with van der Waals surface area (Å²) in [5.41, 5.74) is 1.21. The summed E-state index contributed by atoms with van der Waals surface area (Å²) < 4.78 is 10.7. The van der Waals surface area contributed by atoms with Gasteiger partial charge < -0.3 is 9.47 Å². The van der Waals surface area contributed by atoms with E-state index in [0.29, 0.717) is 0 Å². The second-order valence-electron chi connectivity index (χ2n) is 4.45. The van der Waals surface area contributed by atoms with Crippen LogP contribution in [0.4, 0.5) is 0 Å². The van der Waals surface area contributed by atoms with Crippen molar-refractivity contribution in [3.05, 3.63) is 42.0 Å². The second-order valence-corrected chi connectivity index (χ2v) is 4.45. The Hall–Kier alpha value is -1.54. The minimum Gasteiger partial charge on any atom is -0.497 e. The summed E-state index contributed by atoms with van der Waals surface area (Å²) in [7, 11) is 1.69. The summed E-state index contributed by atoms with van der Waals surface area (Å²) in [5.74, 6) is 0.897. The van der Waals surface area contributed by atoms with Gasteiger partial charge in [0.1, 0.15) is 11.4 Å². The minimum atomic E-state index is -0.0475. The van der Waals surface area contributed by atoms with Crippen molar-refractivity contribution in [1.29, 1.82) is 0 Å². The molecule has 3 rings (SSSR count). The molecule has 0 saturated carbocycles. The highest BCUT2D eigenvalue weighted by molar-refractivity contribution is 5.84. The quantitative estimate of drug-likeness (QED) is 0.716. The summed E-state index contributed by atoms with van der Waals surface area (Å²) in [6, 6.07) is 12.6. The van der Waals surface area contributed by atoms with E-state index in [1.165, 1.54) is 16.3 Å². The Morgan fingerprint density at radius 1 is 1.12 bits per heavy atom. The number of benzene rings is 2. The Labute approximate surface area is 94.8 Å². The van der Waals surface area contributed by atoms with Gasteiger partial charge in [-0.2, -0.15) is 0 Å². The normalized spacial score (nSPS) is 23.4. The maximum Gasteiger partial charge on any atom is 0.119 e. The highest BCUT2D eigenvalue weighted by Crippen LogP contribution is 2.39. The number of hydrogen-bond donors (Lipinski definition) is 0. The lowest BCUT2D eigenvalue weighted by Gasteiger charge is -2.08. The summed E-state index contributed by atoms with van der Waals surface area (Å²) >= 11 is 0. The molecular formula is C14H14O2. The summed E-state index contributed by atoms with van der Waals surface area (Å²) in [4.78, 5) is 0. The van der Waals surface area contributed by atoms with E-state index < -0.39 is 0 Å². The third-order valence-electron chi connectivity index (χ3n) is 3.24. The molecule has 0 radical (unpaired) electrons. The van der Waals surface area contributed by atoms with E-state index in [-0.39, 0.29) is 5.60 Å². The molecule has 0 spiro atoms. The molecule has 82 valence electrons. The Morgan fingerprint density at radius 3 is 2.50 bits per heavy atom. The maximum absolute atomic E-state index is 5.45. The molecule has 0 bridgehead atoms. The Balaban J connectivity index is 2.12. The lowest BCUT2D eigenvalue weighted by molar-refractivity contribution is 0.330. The van der Waals surface area contributed by atoms with E-state index in [9.17, 15) is 0 Å². The van der Waals surface area contributed by atoms with Gasteiger partial charge in [0, 0.05) is 0 Å². The van der Waals surface area contributed by atoms with Crippen molar-refractivity contribution >= 4 is 10.8 Å². The minimum absolute atomic E-state index is 0.0475. The average Bonchev–Trinajstić information content (AvgIpc) is 3.07. The van der Waals surface area contributed by atoms with Crippen molar-refractivity contribution in [2.45, 2.75) is 12.5 Å². The first kappa shape index (κ1) is 9.67. The number of fused-ring (bicyclic) bond motifs is 1. The summed E-state index contributed by atoms with van der Waals surface area (Å²) in [5, 5.41) is 2.43. The van der Waals surface area contributed by atoms with Crippen LogP contribution in [0.1, 0.15) is 12.5 Å². The average molecular weight is 214 g/mol. The molecule has 1 heterocycles. The fourth-order valence-corrected chi connectivity index (χ4v) is 1.95. The van der Waals surface area contributed by atoms with Gasteiger partial charge in [-0.25, -0.2) is 0 Å². The predicted molar refractivity (Wildman–Crippen MR) is 63.8 cm³/mol. The predicted octanol–water partition coefficient (Wildman–Crippen LogP) is 3.09. The van der Waals surface area contributed by atoms with Gasteiger partial charge in [-0.15, -0.1) is 0 Å². The van der Waals surface area contributed by atoms with Gasteiger partial charge in [-0.3, -0.25) is 0 Å². The number of rotatable bonds is 2. The lowest BCUT2D eigenvalue weighted by atomic mass is 9.98. The van der Waals surface area contributed by atoms with Crippen LogP contribution in [-0.4, -0.2) is 13.7 Å². The monoisotopic (exact) mass is 214 g/mol. The first-order chi connectivity index (χ1) is 7.71. The molecule has 0 aromatic heterocycles. The van der Waals surface area contributed by atoms with Crippen LogP contribution in [0.5, 0.6) is 5.75 Å². The largest absolute Gasteiger partial charge is 0.497 e. The molecule has 1 fully saturated rings. The fraction of sp³-hybridized carbons (Fsp3) is 0.286. The van der Waals surface area contributed by atoms with Crippen LogP contribution in [-0.2, 0) is 10.3 Å². The van der Waals surface area contributed by atoms with Crippen molar-refractivity contribution in [2.24, 2.45) is 0 Å². The lowest BCUT2D eigenvalue weighted by Crippen LogP contribution is -2.01. The van der Waals surface area contributed by atoms with E-state index in [1.54, 1.807) is 7.11 Å². The molecule has 2 aromatic carbocycles. The van der Waals surface area contributed by atoms with Crippen LogP contribution in [0, 0.1) is 0 Å². The number of methoxy groups -OCH3 is 1. The van der Waals surface area contributed by atoms with Crippen molar-refractivity contribution in [3.8, 4) is 5.75 Å². The van der Waals surface area contributed by atoms with E-state index >= 15 is 0 Å². The maximum atomic E-state index is 5.45. The molecule has 0 amide bonds. The van der Waals surface area contributed by atoms with Crippen molar-refractivity contribution in [1.82, 2.24) is 0 Å². The van der Waals surface area contributed by atoms with Crippen molar-refractivity contribution < 1.29 is 9.47 Å². The molecule has 16 heavy (non-hydrogen) atoms. The van der Waals surface area contributed by atoms with E-state index in [1.807, 2.05) is 6.07 Å². The van der Waals surface area contributed by atoms with Gasteiger partial charge in [-0.1, -0.05) is 18.2 Å². The molecule has 2 nitrogen and oxygen atoms in total. The molecule has 1 saturated heterocycles. The van der Waals surface area contributed by atoms with Gasteiger partial charge in [-0.05, 0) is 41.5 Å². The van der Waals surface area contributed by atoms with E-state index in [2.05, 4.69) is 37.3 Å². The number of hydrogen-bond acceptors (Lipinski definition) is 2. The summed E-state index contributed by atoms with van der Waals surface area (Å²) in [6.45, 7) is 2.95. The first-order valence-corrected chi connectivity index (χ1v) is 5.43. The van der Waals surface area contributed by atoms with Crippen molar-refractivity contribution in [2.75, 3.05) is 13.7 Å². The Morgan fingerprint density at radius 2 is 1.81 bits per heavy atom. The molecule has 1 unspecified atom stereocenters. The zero-order chi connectivity index (χ0) is 11.2. The topological polar surface area (TPSA) is 21.8 Å². The molecule has 1 aliphatic rings. The Bertz CT molecular complexity index is 541. The highest BCUT2D eigenvalue weighted by Gasteiger charge is 2.41.